The second kappa shape index (κ2) is 6.06. The number of aromatic hydroxyl groups is 1. The number of amides is 1. The zero-order chi connectivity index (χ0) is 15.6. The molecule has 1 amide bonds. The van der Waals surface area contributed by atoms with E-state index >= 15 is 0 Å². The normalized spacial score (nSPS) is 16.5. The number of phenols is 1. The van der Waals surface area contributed by atoms with Crippen molar-refractivity contribution in [2.45, 2.75) is 40.2 Å². The van der Waals surface area contributed by atoms with Gasteiger partial charge in [0.05, 0.1) is 5.92 Å². The van der Waals surface area contributed by atoms with E-state index in [1.165, 1.54) is 5.56 Å². The largest absolute Gasteiger partial charge is 0.508 e. The second-order valence-corrected chi connectivity index (χ2v) is 7.16. The molecule has 0 radical (unpaired) electrons. The topological polar surface area (TPSA) is 66.6 Å². The molecule has 4 heteroatoms. The molecule has 3 N–H and O–H groups in total. The Bertz CT molecular complexity index is 520. The van der Waals surface area contributed by atoms with Gasteiger partial charge in [0.15, 0.2) is 0 Å². The van der Waals surface area contributed by atoms with Crippen LogP contribution >= 0.6 is 0 Å². The lowest BCUT2D eigenvalue weighted by Crippen LogP contribution is -2.43. The zero-order valence-corrected chi connectivity index (χ0v) is 13.2. The molecule has 1 aromatic rings. The lowest BCUT2D eigenvalue weighted by molar-refractivity contribution is -0.137. The summed E-state index contributed by atoms with van der Waals surface area (Å²) in [6.07, 6.45) is 1.64. The molecular weight excluding hydrogens is 264 g/mol. The summed E-state index contributed by atoms with van der Waals surface area (Å²) in [5.74, 6) is 0.276. The maximum Gasteiger partial charge on any atom is 0.227 e. The van der Waals surface area contributed by atoms with Gasteiger partial charge >= 0.3 is 0 Å². The Morgan fingerprint density at radius 2 is 2.10 bits per heavy atom. The van der Waals surface area contributed by atoms with E-state index in [4.69, 9.17) is 5.73 Å². The van der Waals surface area contributed by atoms with Gasteiger partial charge in [0.2, 0.25) is 5.91 Å². The minimum absolute atomic E-state index is 0.0889. The van der Waals surface area contributed by atoms with Gasteiger partial charge in [-0.15, -0.1) is 0 Å². The molecule has 0 fully saturated rings. The Hall–Kier alpha value is -1.55. The highest BCUT2D eigenvalue weighted by Gasteiger charge is 2.29. The smallest absolute Gasteiger partial charge is 0.227 e. The molecule has 4 nitrogen and oxygen atoms in total. The Balaban J connectivity index is 2.10. The predicted molar refractivity (Wildman–Crippen MR) is 83.8 cm³/mol. The van der Waals surface area contributed by atoms with E-state index in [2.05, 4.69) is 20.8 Å². The summed E-state index contributed by atoms with van der Waals surface area (Å²) in [5, 5.41) is 9.60. The fourth-order valence-corrected chi connectivity index (χ4v) is 3.00. The fraction of sp³-hybridized carbons (Fsp3) is 0.588. The van der Waals surface area contributed by atoms with Crippen LogP contribution in [0, 0.1) is 11.3 Å². The van der Waals surface area contributed by atoms with E-state index in [0.29, 0.717) is 13.1 Å². The standard InChI is InChI=1S/C17H26N2O2/c1-17(2,3)9-14(10-18)16(21)19-7-6-12-4-5-15(20)8-13(12)11-19/h4-5,8,14,20H,6-7,9-11,18H2,1-3H3. The third kappa shape index (κ3) is 3.97. The maximum absolute atomic E-state index is 12.7. The van der Waals surface area contributed by atoms with Gasteiger partial charge in [-0.3, -0.25) is 4.79 Å². The summed E-state index contributed by atoms with van der Waals surface area (Å²) in [4.78, 5) is 14.6. The van der Waals surface area contributed by atoms with Crippen LogP contribution in [0.2, 0.25) is 0 Å². The highest BCUT2D eigenvalue weighted by Crippen LogP contribution is 2.28. The summed E-state index contributed by atoms with van der Waals surface area (Å²) in [6.45, 7) is 8.09. The highest BCUT2D eigenvalue weighted by atomic mass is 16.3. The second-order valence-electron chi connectivity index (χ2n) is 7.16. The number of nitrogens with two attached hydrogens (primary N) is 1. The van der Waals surface area contributed by atoms with E-state index in [0.717, 1.165) is 24.9 Å². The van der Waals surface area contributed by atoms with Crippen molar-refractivity contribution < 1.29 is 9.90 Å². The van der Waals surface area contributed by atoms with E-state index in [1.807, 2.05) is 11.0 Å². The molecule has 0 saturated heterocycles. The predicted octanol–water partition coefficient (Wildman–Crippen LogP) is 2.29. The number of carbonyl (C=O) groups is 1. The van der Waals surface area contributed by atoms with Crippen molar-refractivity contribution in [1.29, 1.82) is 0 Å². The first-order valence-corrected chi connectivity index (χ1v) is 7.60. The average Bonchev–Trinajstić information content (AvgIpc) is 2.42. The van der Waals surface area contributed by atoms with Gasteiger partial charge < -0.3 is 15.7 Å². The highest BCUT2D eigenvalue weighted by molar-refractivity contribution is 5.79. The van der Waals surface area contributed by atoms with Gasteiger partial charge in [-0.2, -0.15) is 0 Å². The first-order chi connectivity index (χ1) is 9.80. The molecular formula is C17H26N2O2. The Morgan fingerprint density at radius 1 is 1.38 bits per heavy atom. The van der Waals surface area contributed by atoms with Gasteiger partial charge in [0.25, 0.3) is 0 Å². The average molecular weight is 290 g/mol. The van der Waals surface area contributed by atoms with Crippen LogP contribution in [0.3, 0.4) is 0 Å². The molecule has 1 unspecified atom stereocenters. The fourth-order valence-electron chi connectivity index (χ4n) is 3.00. The SMILES string of the molecule is CC(C)(C)CC(CN)C(=O)N1CCc2ccc(O)cc2C1. The van der Waals surface area contributed by atoms with Crippen molar-refractivity contribution in [2.75, 3.05) is 13.1 Å². The van der Waals surface area contributed by atoms with Crippen LogP contribution in [0.1, 0.15) is 38.3 Å². The Morgan fingerprint density at radius 3 is 2.71 bits per heavy atom. The minimum Gasteiger partial charge on any atom is -0.508 e. The Labute approximate surface area is 126 Å². The van der Waals surface area contributed by atoms with Gasteiger partial charge in [-0.1, -0.05) is 26.8 Å². The first kappa shape index (κ1) is 15.8. The zero-order valence-electron chi connectivity index (χ0n) is 13.2. The number of fused-ring (bicyclic) bond motifs is 1. The molecule has 1 atom stereocenters. The quantitative estimate of drug-likeness (QED) is 0.897. The van der Waals surface area contributed by atoms with Gasteiger partial charge in [-0.25, -0.2) is 0 Å². The molecule has 0 aromatic heterocycles. The molecule has 2 rings (SSSR count). The van der Waals surface area contributed by atoms with E-state index < -0.39 is 0 Å². The maximum atomic E-state index is 12.7. The van der Waals surface area contributed by atoms with E-state index in [1.54, 1.807) is 12.1 Å². The van der Waals surface area contributed by atoms with Crippen LogP contribution in [-0.2, 0) is 17.8 Å². The van der Waals surface area contributed by atoms with E-state index in [-0.39, 0.29) is 23.0 Å². The molecule has 1 aliphatic heterocycles. The first-order valence-electron chi connectivity index (χ1n) is 7.60. The molecule has 0 bridgehead atoms. The third-order valence-corrected chi connectivity index (χ3v) is 4.01. The van der Waals surface area contributed by atoms with Crippen molar-refractivity contribution in [3.05, 3.63) is 29.3 Å². The number of hydrogen-bond donors (Lipinski definition) is 2. The van der Waals surface area contributed by atoms with Crippen LogP contribution in [-0.4, -0.2) is 29.0 Å². The lowest BCUT2D eigenvalue weighted by atomic mass is 9.83. The van der Waals surface area contributed by atoms with Crippen molar-refractivity contribution >= 4 is 5.91 Å². The number of hydrogen-bond acceptors (Lipinski definition) is 3. The molecule has 1 aliphatic rings. The van der Waals surface area contributed by atoms with Crippen LogP contribution < -0.4 is 5.73 Å². The molecule has 116 valence electrons. The molecule has 21 heavy (non-hydrogen) atoms. The van der Waals surface area contributed by atoms with Crippen molar-refractivity contribution in [2.24, 2.45) is 17.1 Å². The monoisotopic (exact) mass is 290 g/mol. The third-order valence-electron chi connectivity index (χ3n) is 4.01. The van der Waals surface area contributed by atoms with Gasteiger partial charge in [-0.05, 0) is 41.5 Å². The molecule has 0 aliphatic carbocycles. The minimum atomic E-state index is -0.121. The van der Waals surface area contributed by atoms with Crippen LogP contribution in [0.25, 0.3) is 0 Å². The Kier molecular flexibility index (Phi) is 4.57. The summed E-state index contributed by atoms with van der Waals surface area (Å²) in [6, 6.07) is 5.41. The van der Waals surface area contributed by atoms with Crippen LogP contribution in [0.15, 0.2) is 18.2 Å². The molecule has 0 saturated carbocycles. The number of phenolic OH excluding ortho intramolecular Hbond substituents is 1. The van der Waals surface area contributed by atoms with Crippen LogP contribution in [0.4, 0.5) is 0 Å². The van der Waals surface area contributed by atoms with E-state index in [9.17, 15) is 9.90 Å². The van der Waals surface area contributed by atoms with Crippen LogP contribution in [0.5, 0.6) is 5.75 Å². The molecule has 1 aromatic carbocycles. The summed E-state index contributed by atoms with van der Waals surface area (Å²) >= 11 is 0. The number of rotatable bonds is 3. The summed E-state index contributed by atoms with van der Waals surface area (Å²) in [7, 11) is 0. The number of benzene rings is 1. The van der Waals surface area contributed by atoms with Crippen molar-refractivity contribution in [3.8, 4) is 5.75 Å². The van der Waals surface area contributed by atoms with Gasteiger partial charge in [0.1, 0.15) is 5.75 Å². The molecule has 1 heterocycles. The summed E-state index contributed by atoms with van der Waals surface area (Å²) in [5.41, 5.74) is 8.17. The van der Waals surface area contributed by atoms with Crippen molar-refractivity contribution in [1.82, 2.24) is 4.90 Å². The van der Waals surface area contributed by atoms with Crippen molar-refractivity contribution in [3.63, 3.8) is 0 Å². The number of carbonyl (C=O) groups excluding carboxylic acids is 1. The molecule has 0 spiro atoms. The summed E-state index contributed by atoms with van der Waals surface area (Å²) < 4.78 is 0. The lowest BCUT2D eigenvalue weighted by Gasteiger charge is -2.33. The van der Waals surface area contributed by atoms with Gasteiger partial charge in [0, 0.05) is 19.6 Å². The number of nitrogens with zero attached hydrogens (tertiary/aromatic N) is 1.